The molecule has 0 radical (unpaired) electrons. The monoisotopic (exact) mass is 267 g/mol. The first kappa shape index (κ1) is 15.6. The fourth-order valence-electron chi connectivity index (χ4n) is 1.74. The normalized spacial score (nSPS) is 14.2. The molecule has 1 rings (SSSR count). The minimum atomic E-state index is -0.369. The van der Waals surface area contributed by atoms with Gasteiger partial charge in [-0.3, -0.25) is 9.69 Å². The van der Waals surface area contributed by atoms with E-state index in [1.54, 1.807) is 12.1 Å². The Labute approximate surface area is 113 Å². The number of anilines is 1. The number of carbonyl (C=O) groups is 1. The third-order valence-electron chi connectivity index (χ3n) is 3.61. The zero-order chi connectivity index (χ0) is 14.5. The first-order valence-corrected chi connectivity index (χ1v) is 6.38. The van der Waals surface area contributed by atoms with Crippen molar-refractivity contribution in [3.8, 4) is 0 Å². The lowest BCUT2D eigenvalue weighted by atomic mass is 9.97. The molecule has 4 nitrogen and oxygen atoms in total. The van der Waals surface area contributed by atoms with Crippen LogP contribution in [-0.4, -0.2) is 36.5 Å². The molecule has 0 bridgehead atoms. The van der Waals surface area contributed by atoms with Crippen molar-refractivity contribution in [1.29, 1.82) is 0 Å². The molecule has 0 heterocycles. The van der Waals surface area contributed by atoms with Gasteiger partial charge >= 0.3 is 0 Å². The molecule has 0 saturated carbocycles. The molecule has 0 aliphatic carbocycles. The Bertz CT molecular complexity index is 432. The molecule has 1 aromatic carbocycles. The maximum atomic E-state index is 13.0. The predicted molar refractivity (Wildman–Crippen MR) is 75.4 cm³/mol. The van der Waals surface area contributed by atoms with E-state index in [2.05, 4.69) is 5.32 Å². The quantitative estimate of drug-likeness (QED) is 0.826. The molecule has 0 aromatic heterocycles. The van der Waals surface area contributed by atoms with E-state index in [0.29, 0.717) is 12.2 Å². The Kier molecular flexibility index (Phi) is 5.44. The van der Waals surface area contributed by atoms with Gasteiger partial charge in [0.05, 0.1) is 6.54 Å². The third kappa shape index (κ3) is 4.29. The highest BCUT2D eigenvalue weighted by molar-refractivity contribution is 5.92. The van der Waals surface area contributed by atoms with Crippen LogP contribution in [0.5, 0.6) is 0 Å². The molecule has 19 heavy (non-hydrogen) atoms. The minimum absolute atomic E-state index is 0.179. The second kappa shape index (κ2) is 6.63. The lowest BCUT2D eigenvalue weighted by Crippen LogP contribution is -2.51. The number of hydrogen-bond acceptors (Lipinski definition) is 3. The van der Waals surface area contributed by atoms with Gasteiger partial charge in [-0.2, -0.15) is 0 Å². The van der Waals surface area contributed by atoms with E-state index in [9.17, 15) is 9.18 Å². The molecule has 1 aromatic rings. The average Bonchev–Trinajstić information content (AvgIpc) is 2.37. The summed E-state index contributed by atoms with van der Waals surface area (Å²) in [6.45, 7) is 4.75. The summed E-state index contributed by atoms with van der Waals surface area (Å²) in [7, 11) is 1.86. The number of halogens is 1. The SMILES string of the molecule is CCC(C)(CN)N(C)CC(=O)Nc1cccc(F)c1. The Hall–Kier alpha value is -1.46. The van der Waals surface area contributed by atoms with Gasteiger partial charge in [-0.05, 0) is 38.6 Å². The summed E-state index contributed by atoms with van der Waals surface area (Å²) in [4.78, 5) is 13.8. The average molecular weight is 267 g/mol. The van der Waals surface area contributed by atoms with Crippen molar-refractivity contribution in [2.45, 2.75) is 25.8 Å². The van der Waals surface area contributed by atoms with E-state index in [1.807, 2.05) is 25.8 Å². The highest BCUT2D eigenvalue weighted by atomic mass is 19.1. The Morgan fingerprint density at radius 1 is 1.53 bits per heavy atom. The van der Waals surface area contributed by atoms with Crippen LogP contribution in [0.1, 0.15) is 20.3 Å². The summed E-state index contributed by atoms with van der Waals surface area (Å²) in [5.74, 6) is -0.548. The summed E-state index contributed by atoms with van der Waals surface area (Å²) in [5, 5.41) is 2.67. The van der Waals surface area contributed by atoms with Gasteiger partial charge < -0.3 is 11.1 Å². The number of nitrogens with zero attached hydrogens (tertiary/aromatic N) is 1. The van der Waals surface area contributed by atoms with Crippen LogP contribution >= 0.6 is 0 Å². The summed E-state index contributed by atoms with van der Waals surface area (Å²) in [6.07, 6.45) is 0.854. The lowest BCUT2D eigenvalue weighted by Gasteiger charge is -2.36. The van der Waals surface area contributed by atoms with Gasteiger partial charge in [0.25, 0.3) is 0 Å². The van der Waals surface area contributed by atoms with E-state index in [-0.39, 0.29) is 23.8 Å². The first-order valence-electron chi connectivity index (χ1n) is 6.38. The van der Waals surface area contributed by atoms with Crippen LogP contribution in [0.25, 0.3) is 0 Å². The Balaban J connectivity index is 2.61. The van der Waals surface area contributed by atoms with Crippen molar-refractivity contribution in [2.24, 2.45) is 5.73 Å². The number of hydrogen-bond donors (Lipinski definition) is 2. The van der Waals surface area contributed by atoms with Crippen molar-refractivity contribution in [3.05, 3.63) is 30.1 Å². The van der Waals surface area contributed by atoms with Crippen LogP contribution in [0.15, 0.2) is 24.3 Å². The predicted octanol–water partition coefficient (Wildman–Crippen LogP) is 1.82. The number of nitrogens with two attached hydrogens (primary N) is 1. The highest BCUT2D eigenvalue weighted by Crippen LogP contribution is 2.16. The maximum Gasteiger partial charge on any atom is 0.238 e. The molecular formula is C14H22FN3O. The molecule has 0 fully saturated rings. The number of nitrogens with one attached hydrogen (secondary N) is 1. The molecule has 106 valence electrons. The van der Waals surface area contributed by atoms with Crippen LogP contribution in [0, 0.1) is 5.82 Å². The van der Waals surface area contributed by atoms with Crippen molar-refractivity contribution >= 4 is 11.6 Å². The van der Waals surface area contributed by atoms with E-state index >= 15 is 0 Å². The van der Waals surface area contributed by atoms with Gasteiger partial charge in [0.15, 0.2) is 0 Å². The molecule has 0 aliphatic rings. The van der Waals surface area contributed by atoms with Crippen molar-refractivity contribution in [1.82, 2.24) is 4.90 Å². The largest absolute Gasteiger partial charge is 0.329 e. The maximum absolute atomic E-state index is 13.0. The second-order valence-electron chi connectivity index (χ2n) is 4.97. The Morgan fingerprint density at radius 3 is 2.74 bits per heavy atom. The van der Waals surface area contributed by atoms with Gasteiger partial charge in [-0.1, -0.05) is 13.0 Å². The van der Waals surface area contributed by atoms with E-state index < -0.39 is 0 Å². The zero-order valence-electron chi connectivity index (χ0n) is 11.7. The smallest absolute Gasteiger partial charge is 0.238 e. The molecule has 0 saturated heterocycles. The van der Waals surface area contributed by atoms with Crippen LogP contribution in [0.3, 0.4) is 0 Å². The fourth-order valence-corrected chi connectivity index (χ4v) is 1.74. The zero-order valence-corrected chi connectivity index (χ0v) is 11.7. The number of likely N-dealkylation sites (N-methyl/N-ethyl adjacent to an activating group) is 1. The standard InChI is InChI=1S/C14H22FN3O/c1-4-14(2,10-16)18(3)9-13(19)17-12-7-5-6-11(15)8-12/h5-8H,4,9-10,16H2,1-3H3,(H,17,19). The first-order chi connectivity index (χ1) is 8.91. The molecule has 1 atom stereocenters. The minimum Gasteiger partial charge on any atom is -0.329 e. The van der Waals surface area contributed by atoms with Gasteiger partial charge in [-0.25, -0.2) is 4.39 Å². The van der Waals surface area contributed by atoms with Crippen molar-refractivity contribution in [2.75, 3.05) is 25.5 Å². The van der Waals surface area contributed by atoms with Crippen LogP contribution in [0.2, 0.25) is 0 Å². The van der Waals surface area contributed by atoms with Gasteiger partial charge in [0.2, 0.25) is 5.91 Å². The number of amides is 1. The molecule has 1 amide bonds. The molecule has 5 heteroatoms. The number of rotatable bonds is 6. The summed E-state index contributed by atoms with van der Waals surface area (Å²) < 4.78 is 13.0. The molecule has 1 unspecified atom stereocenters. The van der Waals surface area contributed by atoms with Crippen LogP contribution < -0.4 is 11.1 Å². The van der Waals surface area contributed by atoms with E-state index in [1.165, 1.54) is 12.1 Å². The second-order valence-corrected chi connectivity index (χ2v) is 4.97. The summed E-state index contributed by atoms with van der Waals surface area (Å²) >= 11 is 0. The fraction of sp³-hybridized carbons (Fsp3) is 0.500. The van der Waals surface area contributed by atoms with Crippen LogP contribution in [-0.2, 0) is 4.79 Å². The highest BCUT2D eigenvalue weighted by Gasteiger charge is 2.26. The topological polar surface area (TPSA) is 58.4 Å². The third-order valence-corrected chi connectivity index (χ3v) is 3.61. The number of carbonyl (C=O) groups excluding carboxylic acids is 1. The molecule has 0 aliphatic heterocycles. The lowest BCUT2D eigenvalue weighted by molar-refractivity contribution is -0.118. The van der Waals surface area contributed by atoms with Gasteiger partial charge in [0.1, 0.15) is 5.82 Å². The Morgan fingerprint density at radius 2 is 2.21 bits per heavy atom. The molecular weight excluding hydrogens is 245 g/mol. The summed E-state index contributed by atoms with van der Waals surface area (Å²) in [6, 6.07) is 5.85. The molecule has 0 spiro atoms. The van der Waals surface area contributed by atoms with Gasteiger partial charge in [0, 0.05) is 17.8 Å². The van der Waals surface area contributed by atoms with Gasteiger partial charge in [-0.15, -0.1) is 0 Å². The van der Waals surface area contributed by atoms with Crippen molar-refractivity contribution in [3.63, 3.8) is 0 Å². The van der Waals surface area contributed by atoms with E-state index in [4.69, 9.17) is 5.73 Å². The number of benzene rings is 1. The van der Waals surface area contributed by atoms with Crippen LogP contribution in [0.4, 0.5) is 10.1 Å². The molecule has 3 N–H and O–H groups in total. The van der Waals surface area contributed by atoms with E-state index in [0.717, 1.165) is 6.42 Å². The summed E-state index contributed by atoms with van der Waals surface area (Å²) in [5.41, 5.74) is 6.00. The van der Waals surface area contributed by atoms with Crippen molar-refractivity contribution < 1.29 is 9.18 Å².